The summed E-state index contributed by atoms with van der Waals surface area (Å²) in [5.41, 5.74) is 2.41. The van der Waals surface area contributed by atoms with Crippen LogP contribution in [0.5, 0.6) is 0 Å². The van der Waals surface area contributed by atoms with E-state index >= 15 is 0 Å². The number of carbonyl (C=O) groups is 1. The second-order valence-electron chi connectivity index (χ2n) is 6.19. The minimum absolute atomic E-state index is 0.0610. The molecule has 1 aromatic carbocycles. The van der Waals surface area contributed by atoms with Gasteiger partial charge in [-0.05, 0) is 30.9 Å². The molecule has 0 fully saturated rings. The Hall–Kier alpha value is -1.35. The Morgan fingerprint density at radius 2 is 2.05 bits per heavy atom. The molecule has 1 unspecified atom stereocenters. The van der Waals surface area contributed by atoms with Crippen molar-refractivity contribution in [2.75, 3.05) is 6.61 Å². The lowest BCUT2D eigenvalue weighted by molar-refractivity contribution is -0.145. The Kier molecular flexibility index (Phi) is 3.95. The molecule has 0 aliphatic carbocycles. The minimum atomic E-state index is -0.126. The van der Waals surface area contributed by atoms with Crippen LogP contribution in [0.4, 0.5) is 0 Å². The van der Waals surface area contributed by atoms with Crippen molar-refractivity contribution in [3.63, 3.8) is 0 Å². The van der Waals surface area contributed by atoms with Crippen LogP contribution in [0, 0.1) is 5.92 Å². The molecule has 0 radical (unpaired) electrons. The highest BCUT2D eigenvalue weighted by molar-refractivity contribution is 5.71. The van der Waals surface area contributed by atoms with Gasteiger partial charge in [0, 0.05) is 11.6 Å². The standard InChI is InChI=1S/C16H23NO2/c1-11(2)10-19-15(18)9-14-12-7-5-6-8-13(12)16(3,4)17-14/h5-8,11,14,17H,9-10H2,1-4H3. The average Bonchev–Trinajstić information content (AvgIpc) is 2.59. The molecule has 2 rings (SSSR count). The molecular formula is C16H23NO2. The van der Waals surface area contributed by atoms with Gasteiger partial charge in [-0.15, -0.1) is 0 Å². The number of hydrogen-bond acceptors (Lipinski definition) is 3. The predicted molar refractivity (Wildman–Crippen MR) is 75.8 cm³/mol. The second-order valence-corrected chi connectivity index (χ2v) is 6.19. The third-order valence-electron chi connectivity index (χ3n) is 3.49. The van der Waals surface area contributed by atoms with E-state index in [2.05, 4.69) is 31.3 Å². The molecule has 0 bridgehead atoms. The molecular weight excluding hydrogens is 238 g/mol. The van der Waals surface area contributed by atoms with Gasteiger partial charge in [0.05, 0.1) is 13.0 Å². The van der Waals surface area contributed by atoms with E-state index in [1.807, 2.05) is 26.0 Å². The van der Waals surface area contributed by atoms with Gasteiger partial charge in [-0.25, -0.2) is 0 Å². The summed E-state index contributed by atoms with van der Waals surface area (Å²) in [5.74, 6) is 0.253. The Morgan fingerprint density at radius 3 is 2.74 bits per heavy atom. The van der Waals surface area contributed by atoms with Gasteiger partial charge in [0.1, 0.15) is 0 Å². The zero-order valence-corrected chi connectivity index (χ0v) is 12.2. The minimum Gasteiger partial charge on any atom is -0.465 e. The number of carbonyl (C=O) groups excluding carboxylic acids is 1. The molecule has 0 saturated carbocycles. The second kappa shape index (κ2) is 5.33. The van der Waals surface area contributed by atoms with Crippen LogP contribution in [0.2, 0.25) is 0 Å². The van der Waals surface area contributed by atoms with Crippen molar-refractivity contribution in [2.24, 2.45) is 5.92 Å². The maximum Gasteiger partial charge on any atom is 0.307 e. The zero-order valence-electron chi connectivity index (χ0n) is 12.2. The fourth-order valence-corrected chi connectivity index (χ4v) is 2.61. The van der Waals surface area contributed by atoms with Crippen molar-refractivity contribution < 1.29 is 9.53 Å². The van der Waals surface area contributed by atoms with Gasteiger partial charge in [0.2, 0.25) is 0 Å². The van der Waals surface area contributed by atoms with Crippen LogP contribution in [0.1, 0.15) is 51.3 Å². The third-order valence-corrected chi connectivity index (χ3v) is 3.49. The van der Waals surface area contributed by atoms with Gasteiger partial charge in [-0.3, -0.25) is 4.79 Å². The first kappa shape index (κ1) is 14.1. The number of rotatable bonds is 4. The van der Waals surface area contributed by atoms with Crippen LogP contribution in [-0.2, 0) is 15.1 Å². The highest BCUT2D eigenvalue weighted by atomic mass is 16.5. The summed E-state index contributed by atoms with van der Waals surface area (Å²) < 4.78 is 5.27. The monoisotopic (exact) mass is 261 g/mol. The maximum absolute atomic E-state index is 11.9. The van der Waals surface area contributed by atoms with Crippen LogP contribution in [-0.4, -0.2) is 12.6 Å². The van der Waals surface area contributed by atoms with Gasteiger partial charge in [0.15, 0.2) is 0 Å². The number of esters is 1. The third kappa shape index (κ3) is 3.16. The molecule has 19 heavy (non-hydrogen) atoms. The lowest BCUT2D eigenvalue weighted by Crippen LogP contribution is -2.32. The summed E-state index contributed by atoms with van der Waals surface area (Å²) in [5, 5.41) is 3.51. The smallest absolute Gasteiger partial charge is 0.307 e. The highest BCUT2D eigenvalue weighted by Gasteiger charge is 2.36. The molecule has 1 N–H and O–H groups in total. The Balaban J connectivity index is 2.05. The van der Waals surface area contributed by atoms with Crippen molar-refractivity contribution in [1.82, 2.24) is 5.32 Å². The molecule has 3 nitrogen and oxygen atoms in total. The summed E-state index contributed by atoms with van der Waals surface area (Å²) in [6.45, 7) is 8.87. The fourth-order valence-electron chi connectivity index (χ4n) is 2.61. The van der Waals surface area contributed by atoms with Crippen LogP contribution in [0.3, 0.4) is 0 Å². The first-order valence-corrected chi connectivity index (χ1v) is 6.93. The van der Waals surface area contributed by atoms with Crippen LogP contribution in [0.25, 0.3) is 0 Å². The number of ether oxygens (including phenoxy) is 1. The molecule has 0 aromatic heterocycles. The molecule has 1 aromatic rings. The van der Waals surface area contributed by atoms with Gasteiger partial charge in [-0.1, -0.05) is 38.1 Å². The number of fused-ring (bicyclic) bond motifs is 1. The Morgan fingerprint density at radius 1 is 1.37 bits per heavy atom. The summed E-state index contributed by atoms with van der Waals surface area (Å²) in [6.07, 6.45) is 0.396. The SMILES string of the molecule is CC(C)COC(=O)CC1NC(C)(C)c2ccccc21. The van der Waals surface area contributed by atoms with Crippen molar-refractivity contribution in [2.45, 2.75) is 45.7 Å². The Bertz CT molecular complexity index is 466. The summed E-state index contributed by atoms with van der Waals surface area (Å²) in [6, 6.07) is 8.35. The molecule has 1 aliphatic heterocycles. The van der Waals surface area contributed by atoms with E-state index in [1.165, 1.54) is 11.1 Å². The summed E-state index contributed by atoms with van der Waals surface area (Å²) in [7, 11) is 0. The van der Waals surface area contributed by atoms with E-state index in [1.54, 1.807) is 0 Å². The lowest BCUT2D eigenvalue weighted by atomic mass is 9.94. The van der Waals surface area contributed by atoms with Crippen molar-refractivity contribution in [3.8, 4) is 0 Å². The normalized spacial score (nSPS) is 20.4. The van der Waals surface area contributed by atoms with E-state index in [4.69, 9.17) is 4.74 Å². The van der Waals surface area contributed by atoms with Gasteiger partial charge >= 0.3 is 5.97 Å². The molecule has 0 amide bonds. The zero-order chi connectivity index (χ0) is 14.0. The van der Waals surface area contributed by atoms with Crippen molar-refractivity contribution in [3.05, 3.63) is 35.4 Å². The van der Waals surface area contributed by atoms with Gasteiger partial charge in [-0.2, -0.15) is 0 Å². The molecule has 3 heteroatoms. The maximum atomic E-state index is 11.9. The largest absolute Gasteiger partial charge is 0.465 e. The predicted octanol–water partition coefficient (Wildman–Crippen LogP) is 3.16. The number of hydrogen-bond donors (Lipinski definition) is 1. The van der Waals surface area contributed by atoms with Crippen LogP contribution >= 0.6 is 0 Å². The van der Waals surface area contributed by atoms with Crippen molar-refractivity contribution >= 4 is 5.97 Å². The number of nitrogens with one attached hydrogen (secondary N) is 1. The first-order chi connectivity index (χ1) is 8.90. The molecule has 1 aliphatic rings. The lowest BCUT2D eigenvalue weighted by Gasteiger charge is -2.21. The van der Waals surface area contributed by atoms with E-state index in [0.29, 0.717) is 18.9 Å². The van der Waals surface area contributed by atoms with Gasteiger partial charge < -0.3 is 10.1 Å². The Labute approximate surface area is 115 Å². The summed E-state index contributed by atoms with van der Waals surface area (Å²) >= 11 is 0. The molecule has 0 spiro atoms. The first-order valence-electron chi connectivity index (χ1n) is 6.93. The summed E-state index contributed by atoms with van der Waals surface area (Å²) in [4.78, 5) is 11.9. The number of benzene rings is 1. The van der Waals surface area contributed by atoms with Gasteiger partial charge in [0.25, 0.3) is 0 Å². The van der Waals surface area contributed by atoms with Crippen molar-refractivity contribution in [1.29, 1.82) is 0 Å². The quantitative estimate of drug-likeness (QED) is 0.846. The molecule has 1 atom stereocenters. The van der Waals surface area contributed by atoms with E-state index in [0.717, 1.165) is 0 Å². The highest BCUT2D eigenvalue weighted by Crippen LogP contribution is 2.38. The average molecular weight is 261 g/mol. The van der Waals surface area contributed by atoms with E-state index in [-0.39, 0.29) is 17.6 Å². The molecule has 104 valence electrons. The van der Waals surface area contributed by atoms with Crippen LogP contribution < -0.4 is 5.32 Å². The molecule has 0 saturated heterocycles. The van der Waals surface area contributed by atoms with Crippen LogP contribution in [0.15, 0.2) is 24.3 Å². The van der Waals surface area contributed by atoms with E-state index < -0.39 is 0 Å². The fraction of sp³-hybridized carbons (Fsp3) is 0.562. The molecule has 1 heterocycles. The topological polar surface area (TPSA) is 38.3 Å². The van der Waals surface area contributed by atoms with E-state index in [9.17, 15) is 4.79 Å².